The Morgan fingerprint density at radius 2 is 1.80 bits per heavy atom. The lowest BCUT2D eigenvalue weighted by molar-refractivity contribution is 0.313. The summed E-state index contributed by atoms with van der Waals surface area (Å²) in [5, 5.41) is 2.99. The maximum absolute atomic E-state index is 12.8. The van der Waals surface area contributed by atoms with Crippen LogP contribution in [0.4, 0.5) is 10.1 Å². The van der Waals surface area contributed by atoms with Crippen molar-refractivity contribution in [3.8, 4) is 17.2 Å². The smallest absolute Gasteiger partial charge is 0.193 e. The minimum atomic E-state index is -0.286. The maximum atomic E-state index is 12.8. The summed E-state index contributed by atoms with van der Waals surface area (Å²) in [6.07, 6.45) is 0.686. The van der Waals surface area contributed by atoms with E-state index in [2.05, 4.69) is 10.3 Å². The standard InChI is InChI=1S/C18H22FN3O3/c1-23-16-9-6-14(12-17(16)24-2)22-18(20)21-10-3-11-25-15-7-4-13(19)5-8-15/h4-9,12H,3,10-11H2,1-2H3,(H3,20,21,22). The van der Waals surface area contributed by atoms with Gasteiger partial charge in [-0.05, 0) is 36.4 Å². The number of ether oxygens (including phenoxy) is 3. The fourth-order valence-electron chi connectivity index (χ4n) is 2.09. The van der Waals surface area contributed by atoms with Crippen LogP contribution in [0, 0.1) is 5.82 Å². The van der Waals surface area contributed by atoms with E-state index in [1.165, 1.54) is 12.1 Å². The number of halogens is 1. The highest BCUT2D eigenvalue weighted by atomic mass is 19.1. The second kappa shape index (κ2) is 9.36. The number of methoxy groups -OCH3 is 2. The molecule has 7 heteroatoms. The number of hydrogen-bond acceptors (Lipinski definition) is 4. The van der Waals surface area contributed by atoms with Gasteiger partial charge in [-0.25, -0.2) is 4.39 Å². The van der Waals surface area contributed by atoms with E-state index >= 15 is 0 Å². The molecular weight excluding hydrogens is 325 g/mol. The van der Waals surface area contributed by atoms with Crippen molar-refractivity contribution in [3.05, 3.63) is 48.3 Å². The summed E-state index contributed by atoms with van der Waals surface area (Å²) in [5.41, 5.74) is 6.61. The van der Waals surface area contributed by atoms with E-state index in [4.69, 9.17) is 19.9 Å². The zero-order valence-electron chi connectivity index (χ0n) is 14.3. The molecule has 2 rings (SSSR count). The van der Waals surface area contributed by atoms with Crippen LogP contribution in [0.3, 0.4) is 0 Å². The van der Waals surface area contributed by atoms with Gasteiger partial charge in [-0.2, -0.15) is 0 Å². The molecule has 0 radical (unpaired) electrons. The first-order valence-electron chi connectivity index (χ1n) is 7.79. The molecule has 0 saturated carbocycles. The van der Waals surface area contributed by atoms with E-state index in [0.717, 1.165) is 5.69 Å². The zero-order valence-corrected chi connectivity index (χ0v) is 14.3. The molecular formula is C18H22FN3O3. The molecule has 0 aliphatic carbocycles. The molecule has 0 aromatic heterocycles. The molecule has 134 valence electrons. The molecule has 0 heterocycles. The molecule has 0 aliphatic rings. The van der Waals surface area contributed by atoms with E-state index in [1.807, 2.05) is 6.07 Å². The molecule has 6 nitrogen and oxygen atoms in total. The van der Waals surface area contributed by atoms with Crippen molar-refractivity contribution in [1.29, 1.82) is 0 Å². The van der Waals surface area contributed by atoms with Crippen molar-refractivity contribution >= 4 is 11.6 Å². The van der Waals surface area contributed by atoms with Crippen LogP contribution in [-0.2, 0) is 0 Å². The first kappa shape index (κ1) is 18.4. The molecule has 3 N–H and O–H groups in total. The Morgan fingerprint density at radius 1 is 1.08 bits per heavy atom. The SMILES string of the molecule is COc1ccc(NC(N)=NCCCOc2ccc(F)cc2)cc1OC. The second-order valence-electron chi connectivity index (χ2n) is 5.12. The Morgan fingerprint density at radius 3 is 2.48 bits per heavy atom. The van der Waals surface area contributed by atoms with Crippen molar-refractivity contribution in [2.45, 2.75) is 6.42 Å². The van der Waals surface area contributed by atoms with Gasteiger partial charge in [0.15, 0.2) is 17.5 Å². The monoisotopic (exact) mass is 347 g/mol. The van der Waals surface area contributed by atoms with E-state index in [9.17, 15) is 4.39 Å². The highest BCUT2D eigenvalue weighted by Crippen LogP contribution is 2.29. The normalized spacial score (nSPS) is 11.1. The number of hydrogen-bond donors (Lipinski definition) is 2. The van der Waals surface area contributed by atoms with Gasteiger partial charge in [0.2, 0.25) is 0 Å². The van der Waals surface area contributed by atoms with Crippen molar-refractivity contribution in [2.75, 3.05) is 32.7 Å². The number of guanidine groups is 1. The Bertz CT molecular complexity index is 705. The Labute approximate surface area is 146 Å². The second-order valence-corrected chi connectivity index (χ2v) is 5.12. The van der Waals surface area contributed by atoms with Crippen molar-refractivity contribution in [1.82, 2.24) is 0 Å². The number of benzene rings is 2. The maximum Gasteiger partial charge on any atom is 0.193 e. The summed E-state index contributed by atoms with van der Waals surface area (Å²) in [6, 6.07) is 11.3. The number of aliphatic imine (C=N–C) groups is 1. The molecule has 0 aliphatic heterocycles. The van der Waals surface area contributed by atoms with Crippen LogP contribution in [0.5, 0.6) is 17.2 Å². The van der Waals surface area contributed by atoms with E-state index in [0.29, 0.717) is 42.8 Å². The largest absolute Gasteiger partial charge is 0.494 e. The quantitative estimate of drug-likeness (QED) is 0.436. The number of rotatable bonds is 8. The van der Waals surface area contributed by atoms with E-state index in [-0.39, 0.29) is 5.82 Å². The summed E-state index contributed by atoms with van der Waals surface area (Å²) in [5.74, 6) is 1.89. The molecule has 0 spiro atoms. The first-order valence-corrected chi connectivity index (χ1v) is 7.79. The van der Waals surface area contributed by atoms with Crippen LogP contribution < -0.4 is 25.3 Å². The van der Waals surface area contributed by atoms with Crippen molar-refractivity contribution in [3.63, 3.8) is 0 Å². The van der Waals surface area contributed by atoms with Gasteiger partial charge in [0, 0.05) is 24.7 Å². The minimum absolute atomic E-state index is 0.286. The highest BCUT2D eigenvalue weighted by Gasteiger charge is 2.05. The van der Waals surface area contributed by atoms with E-state index < -0.39 is 0 Å². The van der Waals surface area contributed by atoms with Crippen LogP contribution >= 0.6 is 0 Å². The number of nitrogens with two attached hydrogens (primary N) is 1. The van der Waals surface area contributed by atoms with Crippen LogP contribution in [0.1, 0.15) is 6.42 Å². The summed E-state index contributed by atoms with van der Waals surface area (Å²) in [7, 11) is 3.15. The van der Waals surface area contributed by atoms with Crippen molar-refractivity contribution < 1.29 is 18.6 Å². The zero-order chi connectivity index (χ0) is 18.1. The molecule has 0 fully saturated rings. The van der Waals surface area contributed by atoms with Crippen molar-refractivity contribution in [2.24, 2.45) is 10.7 Å². The molecule has 0 amide bonds. The van der Waals surface area contributed by atoms with Gasteiger partial charge in [0.1, 0.15) is 11.6 Å². The molecule has 25 heavy (non-hydrogen) atoms. The van der Waals surface area contributed by atoms with Gasteiger partial charge >= 0.3 is 0 Å². The number of anilines is 1. The van der Waals surface area contributed by atoms with Gasteiger partial charge in [-0.3, -0.25) is 4.99 Å². The third kappa shape index (κ3) is 5.87. The average molecular weight is 347 g/mol. The molecule has 0 saturated heterocycles. The lowest BCUT2D eigenvalue weighted by atomic mass is 10.3. The fourth-order valence-corrected chi connectivity index (χ4v) is 2.09. The summed E-state index contributed by atoms with van der Waals surface area (Å²) >= 11 is 0. The highest BCUT2D eigenvalue weighted by molar-refractivity contribution is 5.92. The predicted octanol–water partition coefficient (Wildman–Crippen LogP) is 3.04. The summed E-state index contributed by atoms with van der Waals surface area (Å²) in [6.45, 7) is 0.978. The first-order chi connectivity index (χ1) is 12.1. The molecule has 2 aromatic carbocycles. The molecule has 2 aromatic rings. The minimum Gasteiger partial charge on any atom is -0.494 e. The predicted molar refractivity (Wildman–Crippen MR) is 96.2 cm³/mol. The Hall–Kier alpha value is -2.96. The lowest BCUT2D eigenvalue weighted by Gasteiger charge is -2.11. The van der Waals surface area contributed by atoms with Gasteiger partial charge < -0.3 is 25.3 Å². The molecule has 0 bridgehead atoms. The Balaban J connectivity index is 1.76. The van der Waals surface area contributed by atoms with Crippen LogP contribution in [-0.4, -0.2) is 33.3 Å². The number of nitrogens with one attached hydrogen (secondary N) is 1. The fraction of sp³-hybridized carbons (Fsp3) is 0.278. The van der Waals surface area contributed by atoms with Gasteiger partial charge in [0.25, 0.3) is 0 Å². The van der Waals surface area contributed by atoms with E-state index in [1.54, 1.807) is 38.5 Å². The Kier molecular flexibility index (Phi) is 6.88. The number of nitrogens with zero attached hydrogens (tertiary/aromatic N) is 1. The van der Waals surface area contributed by atoms with Gasteiger partial charge in [0.05, 0.1) is 20.8 Å². The van der Waals surface area contributed by atoms with Crippen LogP contribution in [0.2, 0.25) is 0 Å². The summed E-state index contributed by atoms with van der Waals surface area (Å²) < 4.78 is 28.7. The van der Waals surface area contributed by atoms with Crippen LogP contribution in [0.25, 0.3) is 0 Å². The molecule has 0 atom stereocenters. The summed E-state index contributed by atoms with van der Waals surface area (Å²) in [4.78, 5) is 4.23. The molecule has 0 unspecified atom stereocenters. The lowest BCUT2D eigenvalue weighted by Crippen LogP contribution is -2.23. The third-order valence-corrected chi connectivity index (χ3v) is 3.32. The topological polar surface area (TPSA) is 78.1 Å². The van der Waals surface area contributed by atoms with Gasteiger partial charge in [-0.15, -0.1) is 0 Å². The average Bonchev–Trinajstić information content (AvgIpc) is 2.62. The van der Waals surface area contributed by atoms with Gasteiger partial charge in [-0.1, -0.05) is 0 Å². The third-order valence-electron chi connectivity index (χ3n) is 3.32. The van der Waals surface area contributed by atoms with Crippen LogP contribution in [0.15, 0.2) is 47.5 Å².